The molecule has 0 aliphatic heterocycles. The maximum atomic E-state index is 13.1. The number of nitrogens with one attached hydrogen (secondary N) is 3. The van der Waals surface area contributed by atoms with Crippen LogP contribution in [0.15, 0.2) is 24.3 Å². The second-order valence-electron chi connectivity index (χ2n) is 8.46. The van der Waals surface area contributed by atoms with Crippen LogP contribution in [0.1, 0.15) is 31.2 Å². The van der Waals surface area contributed by atoms with Crippen molar-refractivity contribution in [3.05, 3.63) is 29.8 Å². The monoisotopic (exact) mass is 554 g/mol. The molecule has 1 aromatic carbocycles. The van der Waals surface area contributed by atoms with Crippen molar-refractivity contribution < 1.29 is 39.0 Å². The summed E-state index contributed by atoms with van der Waals surface area (Å²) in [5.41, 5.74) is 16.5. The minimum absolute atomic E-state index is 0.0290. The molecule has 0 aliphatic rings. The van der Waals surface area contributed by atoms with E-state index in [9.17, 15) is 39.0 Å². The first-order valence-corrected chi connectivity index (χ1v) is 13.0. The molecule has 0 heterocycles. The molecule has 1 aromatic rings. The van der Waals surface area contributed by atoms with E-state index in [-0.39, 0.29) is 31.4 Å². The van der Waals surface area contributed by atoms with E-state index in [2.05, 4.69) is 16.0 Å². The third kappa shape index (κ3) is 11.9. The third-order valence-electron chi connectivity index (χ3n) is 5.31. The van der Waals surface area contributed by atoms with Gasteiger partial charge in [-0.3, -0.25) is 24.0 Å². The zero-order valence-electron chi connectivity index (χ0n) is 20.8. The first-order valence-electron chi connectivity index (χ1n) is 11.6. The van der Waals surface area contributed by atoms with E-state index in [4.69, 9.17) is 17.2 Å². The van der Waals surface area contributed by atoms with Crippen LogP contribution < -0.4 is 33.2 Å². The number of rotatable bonds is 17. The number of nitrogens with two attached hydrogens (primary N) is 3. The Morgan fingerprint density at radius 2 is 1.39 bits per heavy atom. The van der Waals surface area contributed by atoms with Crippen LogP contribution in [0.5, 0.6) is 5.75 Å². The Morgan fingerprint density at radius 3 is 1.92 bits per heavy atom. The lowest BCUT2D eigenvalue weighted by Crippen LogP contribution is -2.58. The number of phenolic OH excluding ortho intramolecular Hbond substituents is 1. The van der Waals surface area contributed by atoms with Crippen LogP contribution in [0.3, 0.4) is 0 Å². The predicted molar refractivity (Wildman–Crippen MR) is 138 cm³/mol. The van der Waals surface area contributed by atoms with Crippen molar-refractivity contribution in [1.82, 2.24) is 16.0 Å². The normalized spacial score (nSPS) is 13.8. The number of hydrogen-bond acceptors (Lipinski definition) is 9. The summed E-state index contributed by atoms with van der Waals surface area (Å²) in [5.74, 6) is -5.07. The largest absolute Gasteiger partial charge is 0.508 e. The summed E-state index contributed by atoms with van der Waals surface area (Å²) < 4.78 is 0. The minimum Gasteiger partial charge on any atom is -0.508 e. The molecule has 4 atom stereocenters. The summed E-state index contributed by atoms with van der Waals surface area (Å²) in [6.45, 7) is 0. The van der Waals surface area contributed by atoms with Gasteiger partial charge in [0.15, 0.2) is 0 Å². The standard InChI is InChI=1S/C23H34N6O8S/c1-38-9-8-15(23(36)37)27-21(34)16(10-12-2-4-13(30)5-3-12)29-22(35)17(11-19(26)32)28-20(33)14(24)6-7-18(25)31/h2-5,14-17,30H,6-11,24H2,1H3,(H2,25,31)(H2,26,32)(H,27,34)(H,28,33)(H,29,35)(H,36,37). The second kappa shape index (κ2) is 16.1. The molecule has 0 saturated heterocycles. The van der Waals surface area contributed by atoms with Crippen molar-refractivity contribution in [2.75, 3.05) is 12.0 Å². The van der Waals surface area contributed by atoms with E-state index in [0.29, 0.717) is 11.3 Å². The molecule has 15 heteroatoms. The van der Waals surface area contributed by atoms with E-state index in [1.165, 1.54) is 36.0 Å². The molecule has 1 rings (SSSR count). The SMILES string of the molecule is CSCCC(NC(=O)C(Cc1ccc(O)cc1)NC(=O)C(CC(N)=O)NC(=O)C(N)CCC(N)=O)C(=O)O. The number of aromatic hydroxyl groups is 1. The third-order valence-corrected chi connectivity index (χ3v) is 5.96. The number of hydrogen-bond donors (Lipinski definition) is 8. The van der Waals surface area contributed by atoms with E-state index >= 15 is 0 Å². The summed E-state index contributed by atoms with van der Waals surface area (Å²) in [5, 5.41) is 26.1. The van der Waals surface area contributed by atoms with Crippen molar-refractivity contribution in [3.8, 4) is 5.75 Å². The zero-order chi connectivity index (χ0) is 28.8. The number of amides is 5. The molecule has 4 unspecified atom stereocenters. The van der Waals surface area contributed by atoms with Crippen LogP contribution in [0.4, 0.5) is 0 Å². The van der Waals surface area contributed by atoms with Gasteiger partial charge in [0.25, 0.3) is 0 Å². The molecule has 0 aliphatic carbocycles. The number of phenols is 1. The number of carbonyl (C=O) groups excluding carboxylic acids is 5. The first-order chi connectivity index (χ1) is 17.8. The van der Waals surface area contributed by atoms with Gasteiger partial charge in [-0.05, 0) is 42.5 Å². The van der Waals surface area contributed by atoms with Gasteiger partial charge in [-0.1, -0.05) is 12.1 Å². The zero-order valence-corrected chi connectivity index (χ0v) is 21.7. The quantitative estimate of drug-likeness (QED) is 0.102. The number of aliphatic carboxylic acids is 1. The predicted octanol–water partition coefficient (Wildman–Crippen LogP) is -2.30. The first kappa shape index (κ1) is 32.2. The maximum Gasteiger partial charge on any atom is 0.326 e. The summed E-state index contributed by atoms with van der Waals surface area (Å²) >= 11 is 1.39. The molecule has 5 amide bonds. The van der Waals surface area contributed by atoms with Crippen LogP contribution in [0.25, 0.3) is 0 Å². The Labute approximate surface area is 223 Å². The lowest BCUT2D eigenvalue weighted by Gasteiger charge is -2.25. The Hall–Kier alpha value is -3.85. The van der Waals surface area contributed by atoms with Crippen LogP contribution in [0, 0.1) is 0 Å². The molecule has 0 spiro atoms. The van der Waals surface area contributed by atoms with E-state index < -0.39 is 66.1 Å². The Balaban J connectivity index is 3.13. The Kier molecular flexibility index (Phi) is 13.6. The minimum atomic E-state index is -1.51. The molecule has 0 fully saturated rings. The van der Waals surface area contributed by atoms with Gasteiger partial charge in [-0.25, -0.2) is 4.79 Å². The molecule has 11 N–H and O–H groups in total. The van der Waals surface area contributed by atoms with Crippen LogP contribution in [-0.4, -0.2) is 81.9 Å². The Bertz CT molecular complexity index is 1010. The molecule has 0 radical (unpaired) electrons. The highest BCUT2D eigenvalue weighted by Gasteiger charge is 2.31. The van der Waals surface area contributed by atoms with Gasteiger partial charge in [0.05, 0.1) is 12.5 Å². The lowest BCUT2D eigenvalue weighted by molar-refractivity contribution is -0.142. The van der Waals surface area contributed by atoms with Gasteiger partial charge in [-0.15, -0.1) is 0 Å². The molecule has 0 aromatic heterocycles. The molecule has 14 nitrogen and oxygen atoms in total. The average Bonchev–Trinajstić information content (AvgIpc) is 2.84. The van der Waals surface area contributed by atoms with Crippen LogP contribution >= 0.6 is 11.8 Å². The van der Waals surface area contributed by atoms with Crippen molar-refractivity contribution >= 4 is 47.3 Å². The molecule has 0 saturated carbocycles. The highest BCUT2D eigenvalue weighted by molar-refractivity contribution is 7.98. The number of thioether (sulfide) groups is 1. The van der Waals surface area contributed by atoms with Gasteiger partial charge in [-0.2, -0.15) is 11.8 Å². The summed E-state index contributed by atoms with van der Waals surface area (Å²) in [4.78, 5) is 72.7. The van der Waals surface area contributed by atoms with E-state index in [1.54, 1.807) is 6.26 Å². The fourth-order valence-corrected chi connectivity index (χ4v) is 3.70. The van der Waals surface area contributed by atoms with Crippen molar-refractivity contribution in [2.24, 2.45) is 17.2 Å². The average molecular weight is 555 g/mol. The van der Waals surface area contributed by atoms with Gasteiger partial charge in [0, 0.05) is 12.8 Å². The lowest BCUT2D eigenvalue weighted by atomic mass is 10.0. The van der Waals surface area contributed by atoms with Gasteiger partial charge in [0.2, 0.25) is 29.5 Å². The number of carboxylic acid groups (broad SMARTS) is 1. The molecule has 0 bridgehead atoms. The fraction of sp³-hybridized carbons (Fsp3) is 0.478. The molecular weight excluding hydrogens is 520 g/mol. The maximum absolute atomic E-state index is 13.1. The Morgan fingerprint density at radius 1 is 0.842 bits per heavy atom. The smallest absolute Gasteiger partial charge is 0.326 e. The summed E-state index contributed by atoms with van der Waals surface area (Å²) in [6.07, 6.45) is 0.885. The van der Waals surface area contributed by atoms with Crippen LogP contribution in [0.2, 0.25) is 0 Å². The number of primary amides is 2. The molecule has 38 heavy (non-hydrogen) atoms. The van der Waals surface area contributed by atoms with Crippen molar-refractivity contribution in [3.63, 3.8) is 0 Å². The van der Waals surface area contributed by atoms with Crippen LogP contribution in [-0.2, 0) is 35.2 Å². The number of carbonyl (C=O) groups is 6. The van der Waals surface area contributed by atoms with Gasteiger partial charge < -0.3 is 43.4 Å². The number of benzene rings is 1. The summed E-state index contributed by atoms with van der Waals surface area (Å²) in [6, 6.07) is 0.478. The number of carboxylic acids is 1. The topological polar surface area (TPSA) is 257 Å². The van der Waals surface area contributed by atoms with Crippen molar-refractivity contribution in [2.45, 2.75) is 56.3 Å². The van der Waals surface area contributed by atoms with E-state index in [0.717, 1.165) is 0 Å². The summed E-state index contributed by atoms with van der Waals surface area (Å²) in [7, 11) is 0. The molecular formula is C23H34N6O8S. The fourth-order valence-electron chi connectivity index (χ4n) is 3.23. The van der Waals surface area contributed by atoms with E-state index in [1.807, 2.05) is 0 Å². The highest BCUT2D eigenvalue weighted by atomic mass is 32.2. The highest BCUT2D eigenvalue weighted by Crippen LogP contribution is 2.12. The second-order valence-corrected chi connectivity index (χ2v) is 9.44. The van der Waals surface area contributed by atoms with Crippen molar-refractivity contribution in [1.29, 1.82) is 0 Å². The van der Waals surface area contributed by atoms with Gasteiger partial charge >= 0.3 is 5.97 Å². The molecule has 210 valence electrons. The van der Waals surface area contributed by atoms with Gasteiger partial charge in [0.1, 0.15) is 23.9 Å².